The molecule has 1 fully saturated rings. The summed E-state index contributed by atoms with van der Waals surface area (Å²) in [6, 6.07) is 19.0. The third-order valence-electron chi connectivity index (χ3n) is 6.25. The van der Waals surface area contributed by atoms with Crippen molar-refractivity contribution in [1.82, 2.24) is 10.3 Å². The number of ether oxygens (including phenoxy) is 1. The van der Waals surface area contributed by atoms with E-state index in [0.717, 1.165) is 0 Å². The summed E-state index contributed by atoms with van der Waals surface area (Å²) < 4.78 is 19.2. The van der Waals surface area contributed by atoms with Gasteiger partial charge in [-0.15, -0.1) is 0 Å². The van der Waals surface area contributed by atoms with E-state index in [9.17, 15) is 18.8 Å². The van der Waals surface area contributed by atoms with Crippen LogP contribution in [0.25, 0.3) is 10.9 Å². The van der Waals surface area contributed by atoms with Crippen molar-refractivity contribution in [2.45, 2.75) is 12.8 Å². The maximum Gasteiger partial charge on any atom is 0.251 e. The number of carbonyl (C=O) groups is 3. The summed E-state index contributed by atoms with van der Waals surface area (Å²) in [5.74, 6) is -0.389. The summed E-state index contributed by atoms with van der Waals surface area (Å²) in [6.45, 7) is 0. The molecule has 0 unspecified atom stereocenters. The Bertz CT molecular complexity index is 1500. The number of hydrogen-bond donors (Lipinski definition) is 3. The van der Waals surface area contributed by atoms with Crippen LogP contribution >= 0.6 is 0 Å². The lowest BCUT2D eigenvalue weighted by Crippen LogP contribution is -2.35. The van der Waals surface area contributed by atoms with E-state index in [1.165, 1.54) is 24.3 Å². The van der Waals surface area contributed by atoms with Crippen molar-refractivity contribution in [3.05, 3.63) is 90.4 Å². The van der Waals surface area contributed by atoms with Crippen LogP contribution in [0.15, 0.2) is 79.0 Å². The minimum absolute atomic E-state index is 0.212. The zero-order valence-corrected chi connectivity index (χ0v) is 19.9. The summed E-state index contributed by atoms with van der Waals surface area (Å²) >= 11 is 0. The Hall–Kier alpha value is -4.79. The molecule has 0 saturated heterocycles. The van der Waals surface area contributed by atoms with Crippen LogP contribution in [0.5, 0.6) is 11.5 Å². The molecule has 0 atom stereocenters. The second kappa shape index (κ2) is 9.69. The zero-order valence-electron chi connectivity index (χ0n) is 19.9. The van der Waals surface area contributed by atoms with Crippen LogP contribution in [0.4, 0.5) is 15.8 Å². The summed E-state index contributed by atoms with van der Waals surface area (Å²) in [6.07, 6.45) is 2.48. The highest BCUT2D eigenvalue weighted by atomic mass is 19.1. The van der Waals surface area contributed by atoms with E-state index in [0.29, 0.717) is 52.2 Å². The lowest BCUT2D eigenvalue weighted by Gasteiger charge is -2.16. The first-order chi connectivity index (χ1) is 17.9. The first-order valence-corrected chi connectivity index (χ1v) is 11.7. The number of nitrogens with zero attached hydrogens (tertiary/aromatic N) is 1. The van der Waals surface area contributed by atoms with Crippen molar-refractivity contribution in [2.24, 2.45) is 5.41 Å². The number of amides is 3. The molecule has 0 aliphatic heterocycles. The molecule has 0 bridgehead atoms. The van der Waals surface area contributed by atoms with Gasteiger partial charge in [0.25, 0.3) is 5.91 Å². The molecule has 3 aromatic carbocycles. The van der Waals surface area contributed by atoms with Gasteiger partial charge in [-0.3, -0.25) is 19.4 Å². The molecule has 3 N–H and O–H groups in total. The van der Waals surface area contributed by atoms with Gasteiger partial charge in [0.05, 0.1) is 5.52 Å². The van der Waals surface area contributed by atoms with Gasteiger partial charge in [-0.2, -0.15) is 0 Å². The first kappa shape index (κ1) is 23.9. The van der Waals surface area contributed by atoms with Crippen LogP contribution in [-0.4, -0.2) is 29.8 Å². The molecule has 1 aromatic heterocycles. The Morgan fingerprint density at radius 3 is 2.08 bits per heavy atom. The standard InChI is InChI=1S/C28H23FN4O4/c1-30-25(34)17-2-11-23-22(16-17)24(12-15-31-23)37-21-9-7-20(8-10-21)33-27(36)28(13-14-28)26(35)32-19-5-3-18(29)4-6-19/h2-12,15-16H,13-14H2,1H3,(H,30,34)(H,32,35)(H,33,36). The molecule has 1 aliphatic carbocycles. The second-order valence-electron chi connectivity index (χ2n) is 8.74. The van der Waals surface area contributed by atoms with E-state index < -0.39 is 23.0 Å². The fourth-order valence-corrected chi connectivity index (χ4v) is 3.95. The Balaban J connectivity index is 1.27. The molecular formula is C28H23FN4O4. The van der Waals surface area contributed by atoms with Crippen molar-refractivity contribution in [3.8, 4) is 11.5 Å². The molecule has 1 heterocycles. The minimum Gasteiger partial charge on any atom is -0.457 e. The van der Waals surface area contributed by atoms with Crippen molar-refractivity contribution >= 4 is 40.0 Å². The van der Waals surface area contributed by atoms with Gasteiger partial charge >= 0.3 is 0 Å². The van der Waals surface area contributed by atoms with Crippen molar-refractivity contribution in [1.29, 1.82) is 0 Å². The fourth-order valence-electron chi connectivity index (χ4n) is 3.95. The largest absolute Gasteiger partial charge is 0.457 e. The van der Waals surface area contributed by atoms with E-state index in [4.69, 9.17) is 4.74 Å². The molecule has 1 aliphatic rings. The lowest BCUT2D eigenvalue weighted by molar-refractivity contribution is -0.131. The van der Waals surface area contributed by atoms with Crippen molar-refractivity contribution < 1.29 is 23.5 Å². The van der Waals surface area contributed by atoms with E-state index in [1.54, 1.807) is 61.8 Å². The molecule has 9 heteroatoms. The van der Waals surface area contributed by atoms with Gasteiger partial charge in [0.2, 0.25) is 11.8 Å². The van der Waals surface area contributed by atoms with E-state index in [1.807, 2.05) is 0 Å². The normalized spacial score (nSPS) is 13.5. The number of benzene rings is 3. The summed E-state index contributed by atoms with van der Waals surface area (Å²) in [4.78, 5) is 42.0. The average Bonchev–Trinajstić information content (AvgIpc) is 3.73. The molecular weight excluding hydrogens is 475 g/mol. The van der Waals surface area contributed by atoms with Crippen molar-refractivity contribution in [3.63, 3.8) is 0 Å². The first-order valence-electron chi connectivity index (χ1n) is 11.7. The van der Waals surface area contributed by atoms with Crippen LogP contribution < -0.4 is 20.7 Å². The number of anilines is 2. The van der Waals surface area contributed by atoms with Gasteiger partial charge in [-0.1, -0.05) is 0 Å². The van der Waals surface area contributed by atoms with Gasteiger partial charge in [-0.05, 0) is 85.6 Å². The number of carbonyl (C=O) groups excluding carboxylic acids is 3. The van der Waals surface area contributed by atoms with Crippen molar-refractivity contribution in [2.75, 3.05) is 17.7 Å². The molecule has 186 valence electrons. The number of rotatable bonds is 7. The highest BCUT2D eigenvalue weighted by Gasteiger charge is 2.56. The predicted molar refractivity (Wildman–Crippen MR) is 137 cm³/mol. The van der Waals surface area contributed by atoms with E-state index >= 15 is 0 Å². The molecule has 3 amide bonds. The van der Waals surface area contributed by atoms with E-state index in [2.05, 4.69) is 20.9 Å². The monoisotopic (exact) mass is 498 g/mol. The van der Waals surface area contributed by atoms with Gasteiger partial charge in [0.1, 0.15) is 22.7 Å². The molecule has 4 aromatic rings. The Morgan fingerprint density at radius 1 is 0.865 bits per heavy atom. The molecule has 8 nitrogen and oxygen atoms in total. The smallest absolute Gasteiger partial charge is 0.251 e. The van der Waals surface area contributed by atoms with Crippen LogP contribution in [-0.2, 0) is 9.59 Å². The highest BCUT2D eigenvalue weighted by Crippen LogP contribution is 2.47. The number of nitrogens with one attached hydrogen (secondary N) is 3. The minimum atomic E-state index is -1.15. The van der Waals surface area contributed by atoms with Gasteiger partial charge in [0.15, 0.2) is 0 Å². The maximum absolute atomic E-state index is 13.1. The van der Waals surface area contributed by atoms with Gasteiger partial charge in [-0.25, -0.2) is 4.39 Å². The third kappa shape index (κ3) is 4.97. The Morgan fingerprint density at radius 2 is 1.49 bits per heavy atom. The summed E-state index contributed by atoms with van der Waals surface area (Å²) in [5, 5.41) is 8.77. The van der Waals surface area contributed by atoms with Crippen LogP contribution in [0.2, 0.25) is 0 Å². The fraction of sp³-hybridized carbons (Fsp3) is 0.143. The summed E-state index contributed by atoms with van der Waals surface area (Å²) in [5.41, 5.74) is 0.964. The quantitative estimate of drug-likeness (QED) is 0.315. The van der Waals surface area contributed by atoms with Crippen LogP contribution in [0.3, 0.4) is 0 Å². The number of hydrogen-bond acceptors (Lipinski definition) is 5. The van der Waals surface area contributed by atoms with Gasteiger partial charge < -0.3 is 20.7 Å². The topological polar surface area (TPSA) is 109 Å². The van der Waals surface area contributed by atoms with E-state index in [-0.39, 0.29) is 5.91 Å². The molecule has 0 radical (unpaired) electrons. The molecule has 0 spiro atoms. The number of fused-ring (bicyclic) bond motifs is 1. The SMILES string of the molecule is CNC(=O)c1ccc2nccc(Oc3ccc(NC(=O)C4(C(=O)Nc5ccc(F)cc5)CC4)cc3)c2c1. The Kier molecular flexibility index (Phi) is 6.27. The van der Waals surface area contributed by atoms with Gasteiger partial charge in [0, 0.05) is 35.6 Å². The number of pyridine rings is 1. The second-order valence-corrected chi connectivity index (χ2v) is 8.74. The molecule has 5 rings (SSSR count). The zero-order chi connectivity index (χ0) is 26.0. The van der Waals surface area contributed by atoms with Crippen LogP contribution in [0.1, 0.15) is 23.2 Å². The molecule has 37 heavy (non-hydrogen) atoms. The number of aromatic nitrogens is 1. The molecule has 1 saturated carbocycles. The predicted octanol–water partition coefficient (Wildman–Crippen LogP) is 4.88. The Labute approximate surface area is 211 Å². The number of halogens is 1. The average molecular weight is 499 g/mol. The third-order valence-corrected chi connectivity index (χ3v) is 6.25. The lowest BCUT2D eigenvalue weighted by atomic mass is 10.0. The maximum atomic E-state index is 13.1. The van der Waals surface area contributed by atoms with Crippen LogP contribution in [0, 0.1) is 11.2 Å². The highest BCUT2D eigenvalue weighted by molar-refractivity contribution is 6.16. The summed E-state index contributed by atoms with van der Waals surface area (Å²) in [7, 11) is 1.57.